The van der Waals surface area contributed by atoms with Crippen LogP contribution >= 0.6 is 0 Å². The maximum Gasteiger partial charge on any atom is 0.306 e. The average Bonchev–Trinajstić information content (AvgIpc) is 3.33. The topological polar surface area (TPSA) is 78.9 Å². The summed E-state index contributed by atoms with van der Waals surface area (Å²) in [5, 5.41) is 0. The maximum atomic E-state index is 12.8. The van der Waals surface area contributed by atoms with Gasteiger partial charge in [-0.15, -0.1) is 0 Å². The van der Waals surface area contributed by atoms with Crippen LogP contribution < -0.4 is 0 Å². The zero-order valence-electron chi connectivity index (χ0n) is 42.3. The van der Waals surface area contributed by atoms with Crippen molar-refractivity contribution in [3.05, 3.63) is 158 Å². The van der Waals surface area contributed by atoms with Crippen molar-refractivity contribution in [2.24, 2.45) is 0 Å². The number of hydrogen-bond donors (Lipinski definition) is 0. The number of hydrogen-bond acceptors (Lipinski definition) is 6. The molecule has 0 rings (SSSR count). The number of esters is 3. The first-order valence-electron chi connectivity index (χ1n) is 26.1. The van der Waals surface area contributed by atoms with Gasteiger partial charge >= 0.3 is 17.9 Å². The highest BCUT2D eigenvalue weighted by Gasteiger charge is 2.19. The van der Waals surface area contributed by atoms with E-state index in [4.69, 9.17) is 14.2 Å². The van der Waals surface area contributed by atoms with Crippen molar-refractivity contribution >= 4 is 17.9 Å². The van der Waals surface area contributed by atoms with Crippen LogP contribution in [0.4, 0.5) is 0 Å². The molecule has 0 aromatic heterocycles. The van der Waals surface area contributed by atoms with Crippen LogP contribution in [0.2, 0.25) is 0 Å². The van der Waals surface area contributed by atoms with Gasteiger partial charge in [-0.2, -0.15) is 0 Å². The molecule has 0 aromatic carbocycles. The van der Waals surface area contributed by atoms with Gasteiger partial charge in [0.1, 0.15) is 13.2 Å². The molecule has 0 radical (unpaired) electrons. The van der Waals surface area contributed by atoms with Gasteiger partial charge in [0.15, 0.2) is 6.10 Å². The summed E-state index contributed by atoms with van der Waals surface area (Å²) >= 11 is 0. The quantitative estimate of drug-likeness (QED) is 0.0199. The summed E-state index contributed by atoms with van der Waals surface area (Å²) in [5.41, 5.74) is 0. The van der Waals surface area contributed by atoms with Crippen LogP contribution in [0.5, 0.6) is 0 Å². The lowest BCUT2D eigenvalue weighted by molar-refractivity contribution is -0.167. The summed E-state index contributed by atoms with van der Waals surface area (Å²) in [6, 6.07) is 0. The summed E-state index contributed by atoms with van der Waals surface area (Å²) in [4.78, 5) is 38.0. The maximum absolute atomic E-state index is 12.8. The lowest BCUT2D eigenvalue weighted by Gasteiger charge is -2.18. The molecule has 0 fully saturated rings. The zero-order chi connectivity index (χ0) is 48.6. The Balaban J connectivity index is 4.63. The van der Waals surface area contributed by atoms with E-state index in [1.807, 2.05) is 79.0 Å². The summed E-state index contributed by atoms with van der Waals surface area (Å²) in [5.74, 6) is -1.06. The van der Waals surface area contributed by atoms with Crippen molar-refractivity contribution in [1.29, 1.82) is 0 Å². The summed E-state index contributed by atoms with van der Waals surface area (Å²) in [6.07, 6.45) is 78.0. The minimum Gasteiger partial charge on any atom is -0.462 e. The van der Waals surface area contributed by atoms with Crippen molar-refractivity contribution in [3.63, 3.8) is 0 Å². The molecule has 0 heterocycles. The molecule has 67 heavy (non-hydrogen) atoms. The van der Waals surface area contributed by atoms with Crippen LogP contribution in [0.15, 0.2) is 158 Å². The van der Waals surface area contributed by atoms with Gasteiger partial charge in [0.05, 0.1) is 0 Å². The highest BCUT2D eigenvalue weighted by Crippen LogP contribution is 2.12. The second-order valence-corrected chi connectivity index (χ2v) is 16.6. The number of carbonyl (C=O) groups is 3. The fraction of sp³-hybridized carbons (Fsp3) is 0.525. The van der Waals surface area contributed by atoms with Crippen molar-refractivity contribution in [1.82, 2.24) is 0 Å². The van der Waals surface area contributed by atoms with Crippen LogP contribution in [0, 0.1) is 0 Å². The van der Waals surface area contributed by atoms with Gasteiger partial charge in [-0.3, -0.25) is 14.4 Å². The molecule has 0 spiro atoms. The lowest BCUT2D eigenvalue weighted by Crippen LogP contribution is -2.30. The number of rotatable bonds is 44. The Morgan fingerprint density at radius 3 is 1.10 bits per heavy atom. The SMILES string of the molecule is CC\C=C/C=C\C=C/C=C\C=C\C=C/C=C\CCCCCC(=O)OCC(COC(=O)CCCCCCC\C=C/C=C\C=C/CC)OC(=O)CCC/C=C\C/C=C\C/C=C\CCCCCCCC. The molecule has 0 saturated carbocycles. The first-order chi connectivity index (χ1) is 33.0. The summed E-state index contributed by atoms with van der Waals surface area (Å²) in [7, 11) is 0. The standard InChI is InChI=1S/C61H92O6/c1-4-7-10-13-16-19-22-25-27-29-30-32-33-36-39-42-45-48-51-54-60(63)66-57-58(56-65-59(62)53-50-47-44-41-38-35-24-21-18-15-12-9-6-3)67-61(64)55-52-49-46-43-40-37-34-31-28-26-23-20-17-14-11-8-5-2/h7,9-10,12-13,15-16,18-19,21-22,24-30,32-34,36-37,39,43,46,58H,4-6,8,11,14,17,20,23,31,35,38,40-42,44-45,47-57H2,1-3H3/b10-7-,12-9-,16-13-,18-15-,22-19-,24-21-,27-25-,28-26-,30-29+,33-32-,37-34-,39-36-,46-43-. The molecule has 372 valence electrons. The smallest absolute Gasteiger partial charge is 0.306 e. The second-order valence-electron chi connectivity index (χ2n) is 16.6. The number of allylic oxidation sites excluding steroid dienone is 26. The predicted octanol–water partition coefficient (Wildman–Crippen LogP) is 17.4. The fourth-order valence-corrected chi connectivity index (χ4v) is 6.38. The predicted molar refractivity (Wildman–Crippen MR) is 288 cm³/mol. The van der Waals surface area contributed by atoms with Gasteiger partial charge < -0.3 is 14.2 Å². The highest BCUT2D eigenvalue weighted by molar-refractivity contribution is 5.71. The molecule has 0 aliphatic heterocycles. The Morgan fingerprint density at radius 1 is 0.328 bits per heavy atom. The molecular weight excluding hydrogens is 829 g/mol. The fourth-order valence-electron chi connectivity index (χ4n) is 6.38. The normalized spacial score (nSPS) is 13.4. The molecule has 0 saturated heterocycles. The monoisotopic (exact) mass is 921 g/mol. The Bertz CT molecular complexity index is 1570. The van der Waals surface area contributed by atoms with E-state index in [9.17, 15) is 14.4 Å². The number of carbonyl (C=O) groups excluding carboxylic acids is 3. The highest BCUT2D eigenvalue weighted by atomic mass is 16.6. The van der Waals surface area contributed by atoms with Crippen LogP contribution in [-0.4, -0.2) is 37.2 Å². The van der Waals surface area contributed by atoms with E-state index in [2.05, 4.69) is 99.8 Å². The van der Waals surface area contributed by atoms with Crippen LogP contribution in [0.3, 0.4) is 0 Å². The van der Waals surface area contributed by atoms with Gasteiger partial charge in [-0.05, 0) is 89.9 Å². The van der Waals surface area contributed by atoms with E-state index in [1.54, 1.807) is 0 Å². The third kappa shape index (κ3) is 51.9. The third-order valence-corrected chi connectivity index (χ3v) is 10.3. The van der Waals surface area contributed by atoms with Crippen LogP contribution in [-0.2, 0) is 28.6 Å². The largest absolute Gasteiger partial charge is 0.462 e. The second kappa shape index (κ2) is 53.6. The molecular formula is C61H92O6. The van der Waals surface area contributed by atoms with Gasteiger partial charge in [-0.1, -0.05) is 237 Å². The molecule has 1 atom stereocenters. The van der Waals surface area contributed by atoms with Gasteiger partial charge in [0.25, 0.3) is 0 Å². The average molecular weight is 921 g/mol. The van der Waals surface area contributed by atoms with E-state index in [-0.39, 0.29) is 44.0 Å². The molecule has 6 heteroatoms. The minimum absolute atomic E-state index is 0.132. The zero-order valence-corrected chi connectivity index (χ0v) is 42.3. The van der Waals surface area contributed by atoms with E-state index in [0.29, 0.717) is 19.3 Å². The lowest BCUT2D eigenvalue weighted by atomic mass is 10.1. The number of ether oxygens (including phenoxy) is 3. The Morgan fingerprint density at radius 2 is 0.657 bits per heavy atom. The van der Waals surface area contributed by atoms with Crippen molar-refractivity contribution in [2.45, 2.75) is 194 Å². The Labute approximate surface area is 409 Å². The Kier molecular flexibility index (Phi) is 49.7. The molecule has 1 unspecified atom stereocenters. The van der Waals surface area contributed by atoms with Gasteiger partial charge in [0, 0.05) is 19.3 Å². The minimum atomic E-state index is -0.840. The van der Waals surface area contributed by atoms with E-state index in [0.717, 1.165) is 89.9 Å². The first kappa shape index (κ1) is 62.0. The van der Waals surface area contributed by atoms with Crippen LogP contribution in [0.1, 0.15) is 188 Å². The Hall–Kier alpha value is -4.97. The molecule has 0 bridgehead atoms. The summed E-state index contributed by atoms with van der Waals surface area (Å²) in [6.45, 7) is 6.22. The van der Waals surface area contributed by atoms with E-state index >= 15 is 0 Å². The van der Waals surface area contributed by atoms with Gasteiger partial charge in [0.2, 0.25) is 0 Å². The first-order valence-corrected chi connectivity index (χ1v) is 26.1. The number of unbranched alkanes of at least 4 members (excludes halogenated alkanes) is 15. The summed E-state index contributed by atoms with van der Waals surface area (Å²) < 4.78 is 16.7. The van der Waals surface area contributed by atoms with Crippen LogP contribution in [0.25, 0.3) is 0 Å². The molecule has 0 aliphatic rings. The van der Waals surface area contributed by atoms with Crippen molar-refractivity contribution in [2.75, 3.05) is 13.2 Å². The molecule has 6 nitrogen and oxygen atoms in total. The molecule has 0 amide bonds. The van der Waals surface area contributed by atoms with Gasteiger partial charge in [-0.25, -0.2) is 0 Å². The van der Waals surface area contributed by atoms with Crippen molar-refractivity contribution in [3.8, 4) is 0 Å². The van der Waals surface area contributed by atoms with Crippen molar-refractivity contribution < 1.29 is 28.6 Å². The molecule has 0 N–H and O–H groups in total. The van der Waals surface area contributed by atoms with E-state index in [1.165, 1.54) is 44.9 Å². The molecule has 0 aliphatic carbocycles. The van der Waals surface area contributed by atoms with E-state index < -0.39 is 6.10 Å². The molecule has 0 aromatic rings. The third-order valence-electron chi connectivity index (χ3n) is 10.3.